The van der Waals surface area contributed by atoms with E-state index in [2.05, 4.69) is 19.2 Å². The molecule has 1 N–H and O–H groups in total. The molecular formula is C38H45N3O5S. The summed E-state index contributed by atoms with van der Waals surface area (Å²) >= 11 is 0. The molecular weight excluding hydrogens is 611 g/mol. The molecule has 8 nitrogen and oxygen atoms in total. The van der Waals surface area contributed by atoms with Crippen molar-refractivity contribution in [2.75, 3.05) is 24.5 Å². The van der Waals surface area contributed by atoms with Crippen LogP contribution in [0.25, 0.3) is 0 Å². The number of nitrogens with zero attached hydrogens (tertiary/aromatic N) is 2. The number of methoxy groups -OCH3 is 1. The molecule has 4 aromatic carbocycles. The second-order valence-corrected chi connectivity index (χ2v) is 13.8. The summed E-state index contributed by atoms with van der Waals surface area (Å²) < 4.78 is 35.1. The van der Waals surface area contributed by atoms with Crippen LogP contribution in [0.3, 0.4) is 0 Å². The highest BCUT2D eigenvalue weighted by Gasteiger charge is 2.34. The van der Waals surface area contributed by atoms with Crippen molar-refractivity contribution in [3.05, 3.63) is 125 Å². The smallest absolute Gasteiger partial charge is 0.264 e. The summed E-state index contributed by atoms with van der Waals surface area (Å²) in [5, 5.41) is 2.97. The number of benzene rings is 4. The fraction of sp³-hybridized carbons (Fsp3) is 0.316. The Kier molecular flexibility index (Phi) is 12.2. The molecule has 0 aliphatic carbocycles. The van der Waals surface area contributed by atoms with Gasteiger partial charge in [-0.05, 0) is 72.4 Å². The predicted molar refractivity (Wildman–Crippen MR) is 187 cm³/mol. The van der Waals surface area contributed by atoms with Crippen LogP contribution < -0.4 is 14.4 Å². The lowest BCUT2D eigenvalue weighted by Crippen LogP contribution is -2.53. The first-order valence-corrected chi connectivity index (χ1v) is 17.4. The summed E-state index contributed by atoms with van der Waals surface area (Å²) in [5.41, 5.74) is 3.94. The van der Waals surface area contributed by atoms with E-state index in [1.165, 1.54) is 4.90 Å². The molecule has 248 valence electrons. The quantitative estimate of drug-likeness (QED) is 0.158. The molecule has 0 aliphatic heterocycles. The lowest BCUT2D eigenvalue weighted by molar-refractivity contribution is -0.140. The van der Waals surface area contributed by atoms with Crippen molar-refractivity contribution in [1.29, 1.82) is 0 Å². The third-order valence-electron chi connectivity index (χ3n) is 8.04. The number of amides is 2. The van der Waals surface area contributed by atoms with Crippen LogP contribution in [0.1, 0.15) is 55.4 Å². The summed E-state index contributed by atoms with van der Waals surface area (Å²) in [6.07, 6.45) is 0.975. The second kappa shape index (κ2) is 16.3. The Labute approximate surface area is 279 Å². The first kappa shape index (κ1) is 35.2. The lowest BCUT2D eigenvalue weighted by Gasteiger charge is -2.34. The number of anilines is 1. The summed E-state index contributed by atoms with van der Waals surface area (Å²) in [6.45, 7) is 7.98. The average molecular weight is 656 g/mol. The number of hydrogen-bond acceptors (Lipinski definition) is 5. The van der Waals surface area contributed by atoms with E-state index in [1.54, 1.807) is 43.5 Å². The Balaban J connectivity index is 1.81. The maximum atomic E-state index is 14.6. The zero-order valence-electron chi connectivity index (χ0n) is 27.8. The Hall–Kier alpha value is -4.63. The Morgan fingerprint density at radius 1 is 0.851 bits per heavy atom. The number of aryl methyl sites for hydroxylation is 1. The van der Waals surface area contributed by atoms with Crippen molar-refractivity contribution in [2.45, 2.75) is 63.9 Å². The molecule has 0 fully saturated rings. The molecule has 4 aromatic rings. The molecule has 9 heteroatoms. The highest BCUT2D eigenvalue weighted by molar-refractivity contribution is 7.92. The van der Waals surface area contributed by atoms with E-state index >= 15 is 0 Å². The van der Waals surface area contributed by atoms with Gasteiger partial charge in [0, 0.05) is 19.5 Å². The summed E-state index contributed by atoms with van der Waals surface area (Å²) in [5.74, 6) is 0.0375. The number of sulfonamides is 1. The van der Waals surface area contributed by atoms with Gasteiger partial charge in [-0.3, -0.25) is 13.9 Å². The van der Waals surface area contributed by atoms with Crippen LogP contribution in [0.15, 0.2) is 108 Å². The molecule has 1 atom stereocenters. The zero-order valence-corrected chi connectivity index (χ0v) is 28.7. The van der Waals surface area contributed by atoms with Crippen LogP contribution in [-0.4, -0.2) is 51.4 Å². The molecule has 4 rings (SSSR count). The van der Waals surface area contributed by atoms with Crippen LogP contribution in [0.2, 0.25) is 0 Å². The van der Waals surface area contributed by atoms with Gasteiger partial charge in [-0.15, -0.1) is 0 Å². The molecule has 47 heavy (non-hydrogen) atoms. The van der Waals surface area contributed by atoms with E-state index in [1.807, 2.05) is 80.6 Å². The first-order chi connectivity index (χ1) is 22.5. The van der Waals surface area contributed by atoms with Gasteiger partial charge in [0.25, 0.3) is 10.0 Å². The van der Waals surface area contributed by atoms with Gasteiger partial charge in [0.05, 0.1) is 17.7 Å². The monoisotopic (exact) mass is 655 g/mol. The fourth-order valence-electron chi connectivity index (χ4n) is 5.28. The first-order valence-electron chi connectivity index (χ1n) is 16.0. The average Bonchev–Trinajstić information content (AvgIpc) is 3.08. The molecule has 0 bridgehead atoms. The van der Waals surface area contributed by atoms with Crippen molar-refractivity contribution < 1.29 is 22.7 Å². The van der Waals surface area contributed by atoms with Crippen LogP contribution in [0.4, 0.5) is 5.69 Å². The van der Waals surface area contributed by atoms with Gasteiger partial charge < -0.3 is 15.0 Å². The van der Waals surface area contributed by atoms with Crippen LogP contribution in [-0.2, 0) is 32.6 Å². The Morgan fingerprint density at radius 3 is 2.13 bits per heavy atom. The summed E-state index contributed by atoms with van der Waals surface area (Å²) in [6, 6.07) is 29.7. The summed E-state index contributed by atoms with van der Waals surface area (Å²) in [4.78, 5) is 30.0. The maximum absolute atomic E-state index is 14.6. The highest BCUT2D eigenvalue weighted by Crippen LogP contribution is 2.27. The van der Waals surface area contributed by atoms with E-state index in [4.69, 9.17) is 4.74 Å². The minimum Gasteiger partial charge on any atom is -0.497 e. The molecule has 1 unspecified atom stereocenters. The molecule has 0 heterocycles. The third kappa shape index (κ3) is 9.23. The Morgan fingerprint density at radius 2 is 1.51 bits per heavy atom. The molecule has 0 spiro atoms. The third-order valence-corrected chi connectivity index (χ3v) is 9.83. The van der Waals surface area contributed by atoms with Crippen molar-refractivity contribution in [2.24, 2.45) is 0 Å². The molecule has 0 radical (unpaired) electrons. The van der Waals surface area contributed by atoms with E-state index in [9.17, 15) is 18.0 Å². The number of carbonyl (C=O) groups is 2. The maximum Gasteiger partial charge on any atom is 0.264 e. The largest absolute Gasteiger partial charge is 0.497 e. The number of hydrogen-bond donors (Lipinski definition) is 1. The highest BCUT2D eigenvalue weighted by atomic mass is 32.2. The van der Waals surface area contributed by atoms with Gasteiger partial charge in [0.1, 0.15) is 18.3 Å². The van der Waals surface area contributed by atoms with E-state index < -0.39 is 28.5 Å². The number of ether oxygens (including phenoxy) is 1. The summed E-state index contributed by atoms with van der Waals surface area (Å²) in [7, 11) is -2.60. The minimum atomic E-state index is -4.17. The van der Waals surface area contributed by atoms with Crippen LogP contribution in [0, 0.1) is 6.92 Å². The Bertz CT molecular complexity index is 1720. The van der Waals surface area contributed by atoms with Crippen molar-refractivity contribution >= 4 is 27.5 Å². The molecule has 0 aromatic heterocycles. The van der Waals surface area contributed by atoms with E-state index in [0.29, 0.717) is 18.0 Å². The van der Waals surface area contributed by atoms with Gasteiger partial charge in [0.2, 0.25) is 11.8 Å². The minimum absolute atomic E-state index is 0.0672. The van der Waals surface area contributed by atoms with Gasteiger partial charge >= 0.3 is 0 Å². The SMILES string of the molecule is CCCNC(=O)C(Cc1ccccc1)N(Cc1cccc(OC)c1)C(=O)CN(c1ccc(C(C)C)cc1)S(=O)(=O)c1ccc(C)cc1. The fourth-order valence-corrected chi connectivity index (χ4v) is 6.69. The zero-order chi connectivity index (χ0) is 34.0. The lowest BCUT2D eigenvalue weighted by atomic mass is 10.0. The molecule has 2 amide bonds. The van der Waals surface area contributed by atoms with Crippen molar-refractivity contribution in [3.8, 4) is 5.75 Å². The molecule has 0 saturated carbocycles. The standard InChI is InChI=1S/C38H45N3O5S/c1-6-23-39-38(43)36(25-30-11-8-7-9-12-30)40(26-31-13-10-14-34(24-31)46-5)37(42)27-41(33-19-17-32(18-20-33)28(2)3)47(44,45)35-21-15-29(4)16-22-35/h7-22,24,28,36H,6,23,25-27H2,1-5H3,(H,39,43). The predicted octanol–water partition coefficient (Wildman–Crippen LogP) is 6.49. The van der Waals surface area contributed by atoms with E-state index in [0.717, 1.165) is 33.0 Å². The second-order valence-electron chi connectivity index (χ2n) is 11.9. The van der Waals surface area contributed by atoms with Crippen LogP contribution in [0.5, 0.6) is 5.75 Å². The normalized spacial score (nSPS) is 12.0. The van der Waals surface area contributed by atoms with Crippen LogP contribution >= 0.6 is 0 Å². The van der Waals surface area contributed by atoms with Gasteiger partial charge in [0.15, 0.2) is 0 Å². The number of rotatable bonds is 15. The van der Waals surface area contributed by atoms with Crippen molar-refractivity contribution in [1.82, 2.24) is 10.2 Å². The van der Waals surface area contributed by atoms with Crippen molar-refractivity contribution in [3.63, 3.8) is 0 Å². The number of nitrogens with one attached hydrogen (secondary N) is 1. The molecule has 0 saturated heterocycles. The van der Waals surface area contributed by atoms with Gasteiger partial charge in [-0.1, -0.05) is 93.1 Å². The topological polar surface area (TPSA) is 96.0 Å². The number of carbonyl (C=O) groups excluding carboxylic acids is 2. The molecule has 0 aliphatic rings. The van der Waals surface area contributed by atoms with Gasteiger partial charge in [-0.2, -0.15) is 0 Å². The van der Waals surface area contributed by atoms with E-state index in [-0.39, 0.29) is 29.7 Å². The van der Waals surface area contributed by atoms with Gasteiger partial charge in [-0.25, -0.2) is 8.42 Å².